The van der Waals surface area contributed by atoms with Crippen molar-refractivity contribution in [1.82, 2.24) is 19.9 Å². The van der Waals surface area contributed by atoms with Crippen LogP contribution in [0, 0.1) is 5.82 Å². The van der Waals surface area contributed by atoms with Gasteiger partial charge in [-0.3, -0.25) is 4.90 Å². The lowest BCUT2D eigenvalue weighted by Gasteiger charge is -2.41. The van der Waals surface area contributed by atoms with Crippen molar-refractivity contribution in [3.63, 3.8) is 0 Å². The van der Waals surface area contributed by atoms with E-state index in [-0.39, 0.29) is 23.7 Å². The minimum Gasteiger partial charge on any atom is -0.494 e. The number of ether oxygens (including phenoxy) is 2. The van der Waals surface area contributed by atoms with Crippen LogP contribution in [0.3, 0.4) is 0 Å². The van der Waals surface area contributed by atoms with Gasteiger partial charge in [0.2, 0.25) is 0 Å². The van der Waals surface area contributed by atoms with Crippen LogP contribution in [0.25, 0.3) is 0 Å². The van der Waals surface area contributed by atoms with E-state index in [0.717, 1.165) is 30.8 Å². The minimum atomic E-state index is -0.320. The Hall–Kier alpha value is -1.99. The molecule has 4 rings (SSSR count). The Kier molecular flexibility index (Phi) is 3.74. The fourth-order valence-corrected chi connectivity index (χ4v) is 3.45. The summed E-state index contributed by atoms with van der Waals surface area (Å²) in [5, 5.41) is 8.19. The number of nitrogens with zero attached hydrogens (tertiary/aromatic N) is 4. The van der Waals surface area contributed by atoms with E-state index >= 15 is 0 Å². The van der Waals surface area contributed by atoms with Crippen molar-refractivity contribution in [2.75, 3.05) is 20.2 Å². The standard InChI is InChI=1S/C16H19FN4O2/c1-22-15-3-2-11(6-13(15)17)8-20-5-4-16-14(9-20)21-12(10-23-16)7-18-19-21/h2-3,6-7,14,16H,4-5,8-10H2,1H3/t14-,16+/m0/s1. The molecule has 23 heavy (non-hydrogen) atoms. The van der Waals surface area contributed by atoms with Crippen molar-refractivity contribution < 1.29 is 13.9 Å². The molecule has 0 bridgehead atoms. The summed E-state index contributed by atoms with van der Waals surface area (Å²) < 4.78 is 26.7. The Labute approximate surface area is 133 Å². The molecule has 1 fully saturated rings. The van der Waals surface area contributed by atoms with Gasteiger partial charge in [-0.2, -0.15) is 0 Å². The van der Waals surface area contributed by atoms with Gasteiger partial charge in [-0.25, -0.2) is 9.07 Å². The van der Waals surface area contributed by atoms with E-state index in [2.05, 4.69) is 15.2 Å². The zero-order chi connectivity index (χ0) is 15.8. The lowest BCUT2D eigenvalue weighted by molar-refractivity contribution is -0.0669. The van der Waals surface area contributed by atoms with E-state index < -0.39 is 0 Å². The number of hydrogen-bond donors (Lipinski definition) is 0. The highest BCUT2D eigenvalue weighted by Gasteiger charge is 2.36. The molecule has 0 aliphatic carbocycles. The Morgan fingerprint density at radius 3 is 3.17 bits per heavy atom. The van der Waals surface area contributed by atoms with E-state index in [1.165, 1.54) is 7.11 Å². The summed E-state index contributed by atoms with van der Waals surface area (Å²) in [4.78, 5) is 2.31. The number of rotatable bonds is 3. The summed E-state index contributed by atoms with van der Waals surface area (Å²) in [6.45, 7) is 3.04. The molecule has 2 aliphatic rings. The number of likely N-dealkylation sites (tertiary alicyclic amines) is 1. The summed E-state index contributed by atoms with van der Waals surface area (Å²) in [5.41, 5.74) is 1.96. The maximum absolute atomic E-state index is 13.8. The van der Waals surface area contributed by atoms with Gasteiger partial charge >= 0.3 is 0 Å². The molecule has 1 aromatic heterocycles. The normalized spacial score (nSPS) is 24.1. The van der Waals surface area contributed by atoms with Crippen molar-refractivity contribution in [2.24, 2.45) is 0 Å². The molecule has 0 unspecified atom stereocenters. The summed E-state index contributed by atoms with van der Waals surface area (Å²) in [6, 6.07) is 5.31. The summed E-state index contributed by atoms with van der Waals surface area (Å²) >= 11 is 0. The number of halogens is 1. The maximum atomic E-state index is 13.8. The number of piperidine rings is 1. The molecule has 6 nitrogen and oxygen atoms in total. The van der Waals surface area contributed by atoms with E-state index in [4.69, 9.17) is 9.47 Å². The highest BCUT2D eigenvalue weighted by molar-refractivity contribution is 5.29. The van der Waals surface area contributed by atoms with Gasteiger partial charge in [0.15, 0.2) is 11.6 Å². The SMILES string of the molecule is COc1ccc(CN2CC[C@H]3OCc4cnnn4[C@H]3C2)cc1F. The van der Waals surface area contributed by atoms with E-state index in [0.29, 0.717) is 13.2 Å². The number of aromatic nitrogens is 3. The lowest BCUT2D eigenvalue weighted by Crippen LogP contribution is -2.47. The molecule has 2 atom stereocenters. The quantitative estimate of drug-likeness (QED) is 0.863. The Morgan fingerprint density at radius 1 is 1.43 bits per heavy atom. The third kappa shape index (κ3) is 2.70. The van der Waals surface area contributed by atoms with E-state index in [1.807, 2.05) is 10.7 Å². The molecule has 2 aromatic rings. The lowest BCUT2D eigenvalue weighted by atomic mass is 10.00. The first-order chi connectivity index (χ1) is 11.2. The van der Waals surface area contributed by atoms with Crippen molar-refractivity contribution in [3.05, 3.63) is 41.5 Å². The summed E-state index contributed by atoms with van der Waals surface area (Å²) in [7, 11) is 1.47. The van der Waals surface area contributed by atoms with Crippen LogP contribution in [-0.4, -0.2) is 46.2 Å². The molecule has 0 amide bonds. The summed E-state index contributed by atoms with van der Waals surface area (Å²) in [6.07, 6.45) is 2.89. The molecule has 0 N–H and O–H groups in total. The maximum Gasteiger partial charge on any atom is 0.165 e. The van der Waals surface area contributed by atoms with Gasteiger partial charge in [-0.15, -0.1) is 5.10 Å². The van der Waals surface area contributed by atoms with Gasteiger partial charge in [-0.1, -0.05) is 11.3 Å². The van der Waals surface area contributed by atoms with Crippen molar-refractivity contribution in [2.45, 2.75) is 31.7 Å². The first-order valence-corrected chi connectivity index (χ1v) is 7.80. The van der Waals surface area contributed by atoms with Gasteiger partial charge in [-0.05, 0) is 24.1 Å². The molecular formula is C16H19FN4O2. The second kappa shape index (κ2) is 5.90. The number of methoxy groups -OCH3 is 1. The highest BCUT2D eigenvalue weighted by atomic mass is 19.1. The molecule has 1 saturated heterocycles. The van der Waals surface area contributed by atoms with Crippen LogP contribution in [0.5, 0.6) is 5.75 Å². The van der Waals surface area contributed by atoms with Crippen LogP contribution < -0.4 is 4.74 Å². The predicted octanol–water partition coefficient (Wildman–Crippen LogP) is 1.77. The third-order valence-corrected chi connectivity index (χ3v) is 4.64. The van der Waals surface area contributed by atoms with Gasteiger partial charge in [0.25, 0.3) is 0 Å². The Balaban J connectivity index is 1.49. The molecule has 7 heteroatoms. The van der Waals surface area contributed by atoms with Crippen LogP contribution in [0.15, 0.2) is 24.4 Å². The average Bonchev–Trinajstić information content (AvgIpc) is 3.04. The van der Waals surface area contributed by atoms with Crippen molar-refractivity contribution in [1.29, 1.82) is 0 Å². The van der Waals surface area contributed by atoms with Crippen molar-refractivity contribution in [3.8, 4) is 5.75 Å². The molecule has 0 spiro atoms. The highest BCUT2D eigenvalue weighted by Crippen LogP contribution is 2.30. The topological polar surface area (TPSA) is 52.4 Å². The van der Waals surface area contributed by atoms with Crippen LogP contribution in [0.1, 0.15) is 23.7 Å². The van der Waals surface area contributed by atoms with Gasteiger partial charge in [0.1, 0.15) is 0 Å². The molecular weight excluding hydrogens is 299 g/mol. The number of fused-ring (bicyclic) bond motifs is 3. The fourth-order valence-electron chi connectivity index (χ4n) is 3.45. The zero-order valence-corrected chi connectivity index (χ0v) is 13.0. The van der Waals surface area contributed by atoms with E-state index in [1.54, 1.807) is 18.3 Å². The number of benzene rings is 1. The Morgan fingerprint density at radius 2 is 2.35 bits per heavy atom. The monoisotopic (exact) mass is 318 g/mol. The molecule has 122 valence electrons. The van der Waals surface area contributed by atoms with Crippen LogP contribution >= 0.6 is 0 Å². The second-order valence-corrected chi connectivity index (χ2v) is 6.08. The van der Waals surface area contributed by atoms with Crippen LogP contribution in [-0.2, 0) is 17.9 Å². The minimum absolute atomic E-state index is 0.179. The largest absolute Gasteiger partial charge is 0.494 e. The van der Waals surface area contributed by atoms with Gasteiger partial charge in [0.05, 0.1) is 37.8 Å². The first kappa shape index (κ1) is 14.6. The molecule has 0 radical (unpaired) electrons. The average molecular weight is 318 g/mol. The summed E-state index contributed by atoms with van der Waals surface area (Å²) in [5.74, 6) is -0.0418. The van der Waals surface area contributed by atoms with E-state index in [9.17, 15) is 4.39 Å². The van der Waals surface area contributed by atoms with Gasteiger partial charge < -0.3 is 9.47 Å². The molecule has 0 saturated carbocycles. The second-order valence-electron chi connectivity index (χ2n) is 6.08. The molecule has 1 aromatic carbocycles. The smallest absolute Gasteiger partial charge is 0.165 e. The van der Waals surface area contributed by atoms with Crippen LogP contribution in [0.2, 0.25) is 0 Å². The Bertz CT molecular complexity index is 705. The fraction of sp³-hybridized carbons (Fsp3) is 0.500. The molecule has 2 aliphatic heterocycles. The first-order valence-electron chi connectivity index (χ1n) is 7.80. The third-order valence-electron chi connectivity index (χ3n) is 4.64. The van der Waals surface area contributed by atoms with Crippen LogP contribution in [0.4, 0.5) is 4.39 Å². The molecule has 3 heterocycles. The van der Waals surface area contributed by atoms with Gasteiger partial charge in [0, 0.05) is 19.6 Å². The number of hydrogen-bond acceptors (Lipinski definition) is 5. The predicted molar refractivity (Wildman–Crippen MR) is 80.5 cm³/mol. The zero-order valence-electron chi connectivity index (χ0n) is 13.0. The van der Waals surface area contributed by atoms with Crippen molar-refractivity contribution >= 4 is 0 Å².